The number of phenols is 1. The zero-order valence-electron chi connectivity index (χ0n) is 20.1. The van der Waals surface area contributed by atoms with Crippen LogP contribution in [0.1, 0.15) is 27.6 Å². The topological polar surface area (TPSA) is 89.8 Å². The van der Waals surface area contributed by atoms with Gasteiger partial charge in [-0.05, 0) is 52.4 Å². The van der Waals surface area contributed by atoms with Crippen LogP contribution in [0.3, 0.4) is 0 Å². The van der Waals surface area contributed by atoms with E-state index in [1.165, 1.54) is 50.9 Å². The van der Waals surface area contributed by atoms with Crippen molar-refractivity contribution in [2.75, 3.05) is 21.3 Å². The van der Waals surface area contributed by atoms with E-state index in [-0.39, 0.29) is 30.2 Å². The smallest absolute Gasteiger partial charge is 0.504 e. The average molecular weight is 556 g/mol. The molecule has 198 valence electrons. The molecule has 1 aliphatic heterocycles. The van der Waals surface area contributed by atoms with E-state index in [2.05, 4.69) is 9.50 Å². The van der Waals surface area contributed by atoms with Gasteiger partial charge in [-0.2, -0.15) is 4.76 Å². The van der Waals surface area contributed by atoms with Gasteiger partial charge in [-0.3, -0.25) is 9.05 Å². The summed E-state index contributed by atoms with van der Waals surface area (Å²) < 4.78 is 75.4. The molecule has 1 aromatic heterocycles. The van der Waals surface area contributed by atoms with Crippen molar-refractivity contribution in [3.63, 3.8) is 0 Å². The molecule has 2 aromatic carbocycles. The van der Waals surface area contributed by atoms with E-state index in [1.54, 1.807) is 18.2 Å². The molecule has 0 aliphatic carbocycles. The van der Waals surface area contributed by atoms with Gasteiger partial charge in [0.25, 0.3) is 0 Å². The van der Waals surface area contributed by atoms with E-state index in [4.69, 9.17) is 13.8 Å². The minimum Gasteiger partial charge on any atom is -0.504 e. The summed E-state index contributed by atoms with van der Waals surface area (Å²) in [6, 6.07) is 12.2. The van der Waals surface area contributed by atoms with Gasteiger partial charge in [0.05, 0.1) is 13.2 Å². The first-order chi connectivity index (χ1) is 17.6. The highest BCUT2D eigenvalue weighted by molar-refractivity contribution is 7.52. The fourth-order valence-electron chi connectivity index (χ4n) is 4.15. The third-order valence-corrected chi connectivity index (χ3v) is 8.05. The molecule has 8 nitrogen and oxygen atoms in total. The summed E-state index contributed by atoms with van der Waals surface area (Å²) in [4.78, 5) is 2.70. The lowest BCUT2D eigenvalue weighted by Crippen LogP contribution is -2.40. The second-order valence-electron chi connectivity index (χ2n) is 7.99. The van der Waals surface area contributed by atoms with Crippen LogP contribution < -0.4 is 9.47 Å². The van der Waals surface area contributed by atoms with E-state index in [1.807, 2.05) is 22.4 Å². The van der Waals surface area contributed by atoms with Gasteiger partial charge in [0.2, 0.25) is 0 Å². The van der Waals surface area contributed by atoms with Crippen LogP contribution in [-0.4, -0.2) is 43.5 Å². The number of phenolic OH excluding ortho intramolecular Hbond substituents is 1. The van der Waals surface area contributed by atoms with Crippen LogP contribution in [0.25, 0.3) is 0 Å². The van der Waals surface area contributed by atoms with Gasteiger partial charge >= 0.3 is 14.1 Å². The molecule has 0 amide bonds. The fourth-order valence-corrected chi connectivity index (χ4v) is 5.79. The Labute approximate surface area is 215 Å². The molecule has 1 N–H and O–H groups in total. The first-order valence-electron chi connectivity index (χ1n) is 10.9. The van der Waals surface area contributed by atoms with Gasteiger partial charge in [0, 0.05) is 32.1 Å². The molecule has 3 aromatic rings. The quantitative estimate of drug-likeness (QED) is 0.326. The number of methoxy groups -OCH3 is 1. The lowest BCUT2D eigenvalue weighted by atomic mass is 9.89. The van der Waals surface area contributed by atoms with Crippen molar-refractivity contribution in [1.82, 2.24) is 4.90 Å². The van der Waals surface area contributed by atoms with Crippen molar-refractivity contribution in [2.24, 2.45) is 4.76 Å². The minimum absolute atomic E-state index is 0.0716. The predicted molar refractivity (Wildman–Crippen MR) is 132 cm³/mol. The zero-order chi connectivity index (χ0) is 26.8. The zero-order valence-corrected chi connectivity index (χ0v) is 21.8. The van der Waals surface area contributed by atoms with Crippen LogP contribution in [-0.2, 0) is 26.6 Å². The number of halogens is 3. The second kappa shape index (κ2) is 10.7. The summed E-state index contributed by atoms with van der Waals surface area (Å²) in [6.45, 7) is 0.0898. The highest BCUT2D eigenvalue weighted by Crippen LogP contribution is 2.51. The molecule has 0 saturated carbocycles. The number of ether oxygens (including phenoxy) is 2. The number of benzene rings is 2. The molecular formula is C24H24F3N2O6PS. The number of alkyl halides is 3. The Morgan fingerprint density at radius 1 is 1.14 bits per heavy atom. The maximum atomic E-state index is 13.0. The lowest BCUT2D eigenvalue weighted by Gasteiger charge is -2.40. The third kappa shape index (κ3) is 6.10. The first-order valence-corrected chi connectivity index (χ1v) is 13.3. The lowest BCUT2D eigenvalue weighted by molar-refractivity contribution is -0.274. The number of nitrogens with zero attached hydrogens (tertiary/aromatic N) is 2. The molecule has 4 rings (SSSR count). The normalized spacial score (nSPS) is 17.1. The molecule has 1 aliphatic rings. The molecule has 0 fully saturated rings. The minimum atomic E-state index is -4.84. The number of aromatic hydroxyl groups is 1. The van der Waals surface area contributed by atoms with Gasteiger partial charge in [-0.1, -0.05) is 18.2 Å². The van der Waals surface area contributed by atoms with E-state index in [9.17, 15) is 22.8 Å². The summed E-state index contributed by atoms with van der Waals surface area (Å²) in [5, 5.41) is 12.3. The van der Waals surface area contributed by atoms with Crippen molar-refractivity contribution in [2.45, 2.75) is 25.4 Å². The van der Waals surface area contributed by atoms with Gasteiger partial charge in [0.1, 0.15) is 11.6 Å². The van der Waals surface area contributed by atoms with E-state index < -0.39 is 20.2 Å². The molecule has 13 heteroatoms. The Hall–Kier alpha value is -3.05. The largest absolute Gasteiger partial charge is 0.573 e. The van der Waals surface area contributed by atoms with Gasteiger partial charge < -0.3 is 19.5 Å². The maximum Gasteiger partial charge on any atom is 0.573 e. The SMILES string of the molecule is COc1cc2c(cc1O)C/C(=N/P(=O)(OC)OC)N(Cc1cccc(OC(F)(F)F)c1)C2c1cccs1. The molecule has 1 atom stereocenters. The molecule has 0 saturated heterocycles. The molecule has 0 spiro atoms. The third-order valence-electron chi connectivity index (χ3n) is 5.72. The number of rotatable bonds is 8. The summed E-state index contributed by atoms with van der Waals surface area (Å²) in [5.74, 6) is 0.141. The van der Waals surface area contributed by atoms with Crippen molar-refractivity contribution >= 4 is 24.9 Å². The van der Waals surface area contributed by atoms with Crippen LogP contribution in [0.15, 0.2) is 58.7 Å². The number of hydrogen-bond donors (Lipinski definition) is 1. The fraction of sp³-hybridized carbons (Fsp3) is 0.292. The summed E-state index contributed by atoms with van der Waals surface area (Å²) >= 11 is 1.46. The van der Waals surface area contributed by atoms with Crippen molar-refractivity contribution in [1.29, 1.82) is 0 Å². The maximum absolute atomic E-state index is 13.0. The summed E-state index contributed by atoms with van der Waals surface area (Å²) in [5.41, 5.74) is 2.00. The molecule has 1 unspecified atom stereocenters. The molecular weight excluding hydrogens is 532 g/mol. The Morgan fingerprint density at radius 2 is 1.89 bits per heavy atom. The Balaban J connectivity index is 1.88. The molecule has 0 radical (unpaired) electrons. The predicted octanol–water partition coefficient (Wildman–Crippen LogP) is 6.31. The Kier molecular flexibility index (Phi) is 7.84. The number of fused-ring (bicyclic) bond motifs is 1. The van der Waals surface area contributed by atoms with Gasteiger partial charge in [-0.15, -0.1) is 24.5 Å². The van der Waals surface area contributed by atoms with E-state index in [0.29, 0.717) is 17.0 Å². The van der Waals surface area contributed by atoms with Crippen LogP contribution in [0.2, 0.25) is 0 Å². The number of amidine groups is 1. The molecule has 2 heterocycles. The number of thiophene rings is 1. The first kappa shape index (κ1) is 27.0. The Morgan fingerprint density at radius 3 is 2.51 bits per heavy atom. The average Bonchev–Trinajstić information content (AvgIpc) is 3.38. The molecule has 0 bridgehead atoms. The van der Waals surface area contributed by atoms with Crippen LogP contribution >= 0.6 is 19.1 Å². The van der Waals surface area contributed by atoms with Gasteiger partial charge in [-0.25, -0.2) is 4.57 Å². The van der Waals surface area contributed by atoms with E-state index in [0.717, 1.165) is 10.4 Å². The highest BCUT2D eigenvalue weighted by Gasteiger charge is 2.37. The summed E-state index contributed by atoms with van der Waals surface area (Å²) in [7, 11) is -0.0250. The van der Waals surface area contributed by atoms with Crippen molar-refractivity contribution in [3.8, 4) is 17.2 Å². The monoisotopic (exact) mass is 556 g/mol. The van der Waals surface area contributed by atoms with Crippen LogP contribution in [0.4, 0.5) is 13.2 Å². The standard InChI is InChI=1S/C24H24F3N2O6PS/c1-32-20-13-18-16(11-19(20)30)12-22(28-36(31,33-2)34-3)29(23(18)21-8-5-9-37-21)14-15-6-4-7-17(10-15)35-24(25,26)27/h4-11,13,23,30H,12,14H2,1-3H3/b28-22-. The van der Waals surface area contributed by atoms with Crippen LogP contribution in [0, 0.1) is 0 Å². The molecule has 37 heavy (non-hydrogen) atoms. The summed E-state index contributed by atoms with van der Waals surface area (Å²) in [6.07, 6.45) is -4.69. The number of hydrogen-bond acceptors (Lipinski definition) is 7. The van der Waals surface area contributed by atoms with Crippen molar-refractivity contribution < 1.29 is 41.4 Å². The second-order valence-corrected chi connectivity index (χ2v) is 10.8. The van der Waals surface area contributed by atoms with Crippen LogP contribution in [0.5, 0.6) is 17.2 Å². The highest BCUT2D eigenvalue weighted by atomic mass is 32.1. The van der Waals surface area contributed by atoms with Crippen molar-refractivity contribution in [3.05, 3.63) is 75.5 Å². The van der Waals surface area contributed by atoms with E-state index >= 15 is 0 Å². The Bertz CT molecular complexity index is 1320. The van der Waals surface area contributed by atoms with Gasteiger partial charge in [0.15, 0.2) is 11.5 Å².